The fourth-order valence-corrected chi connectivity index (χ4v) is 6.49. The average molecular weight is 470 g/mol. The predicted molar refractivity (Wildman–Crippen MR) is 132 cm³/mol. The molecule has 1 aliphatic heterocycles. The van der Waals surface area contributed by atoms with Crippen LogP contribution in [0.1, 0.15) is 42.9 Å². The van der Waals surface area contributed by atoms with Gasteiger partial charge in [-0.15, -0.1) is 0 Å². The molecule has 0 aromatic heterocycles. The Morgan fingerprint density at radius 3 is 2.58 bits per heavy atom. The fourth-order valence-electron chi connectivity index (χ4n) is 4.97. The van der Waals surface area contributed by atoms with Gasteiger partial charge in [0.25, 0.3) is 0 Å². The molecular formula is C26H35N3O3S. The minimum absolute atomic E-state index is 0.0323. The van der Waals surface area contributed by atoms with Crippen molar-refractivity contribution in [2.24, 2.45) is 5.92 Å². The van der Waals surface area contributed by atoms with Crippen LogP contribution in [0.2, 0.25) is 0 Å². The van der Waals surface area contributed by atoms with Gasteiger partial charge < -0.3 is 10.2 Å². The minimum atomic E-state index is -3.50. The highest BCUT2D eigenvalue weighted by atomic mass is 32.2. The number of benzene rings is 2. The van der Waals surface area contributed by atoms with Crippen molar-refractivity contribution in [2.45, 2.75) is 50.8 Å². The zero-order chi connectivity index (χ0) is 23.4. The molecule has 2 aromatic carbocycles. The highest BCUT2D eigenvalue weighted by Gasteiger charge is 2.32. The summed E-state index contributed by atoms with van der Waals surface area (Å²) in [7, 11) is -3.50. The van der Waals surface area contributed by atoms with E-state index < -0.39 is 10.0 Å². The molecule has 1 amide bonds. The van der Waals surface area contributed by atoms with Gasteiger partial charge >= 0.3 is 0 Å². The Balaban J connectivity index is 1.27. The summed E-state index contributed by atoms with van der Waals surface area (Å²) in [5.74, 6) is -0.101. The zero-order valence-electron chi connectivity index (χ0n) is 19.7. The van der Waals surface area contributed by atoms with Crippen LogP contribution in [-0.2, 0) is 27.7 Å². The molecule has 4 rings (SSSR count). The second-order valence-corrected chi connectivity index (χ2v) is 11.1. The minimum Gasteiger partial charge on any atom is -0.370 e. The lowest BCUT2D eigenvalue weighted by molar-refractivity contribution is -0.126. The average Bonchev–Trinajstić information content (AvgIpc) is 3.30. The molecule has 2 aromatic rings. The smallest absolute Gasteiger partial charge is 0.243 e. The number of rotatable bonds is 8. The van der Waals surface area contributed by atoms with Gasteiger partial charge in [-0.1, -0.05) is 18.2 Å². The number of sulfonamides is 1. The van der Waals surface area contributed by atoms with Crippen LogP contribution in [-0.4, -0.2) is 51.4 Å². The van der Waals surface area contributed by atoms with E-state index in [-0.39, 0.29) is 11.8 Å². The summed E-state index contributed by atoms with van der Waals surface area (Å²) >= 11 is 0. The Morgan fingerprint density at radius 1 is 1.09 bits per heavy atom. The van der Waals surface area contributed by atoms with Crippen molar-refractivity contribution in [2.75, 3.05) is 37.6 Å². The first-order chi connectivity index (χ1) is 15.9. The molecule has 1 fully saturated rings. The van der Waals surface area contributed by atoms with Crippen LogP contribution in [0, 0.1) is 12.8 Å². The molecule has 1 N–H and O–H groups in total. The lowest BCUT2D eigenvalue weighted by atomic mass is 9.97. The van der Waals surface area contributed by atoms with Crippen LogP contribution in [0.5, 0.6) is 0 Å². The molecule has 0 saturated carbocycles. The lowest BCUT2D eigenvalue weighted by Gasteiger charge is -2.31. The number of hydrogen-bond acceptors (Lipinski definition) is 4. The van der Waals surface area contributed by atoms with E-state index in [9.17, 15) is 13.2 Å². The highest BCUT2D eigenvalue weighted by molar-refractivity contribution is 7.89. The second-order valence-electron chi connectivity index (χ2n) is 9.17. The molecule has 0 atom stereocenters. The van der Waals surface area contributed by atoms with E-state index in [1.807, 2.05) is 12.1 Å². The Labute approximate surface area is 198 Å². The maximum atomic E-state index is 13.1. The largest absolute Gasteiger partial charge is 0.370 e. The number of fused-ring (bicyclic) bond motifs is 1. The summed E-state index contributed by atoms with van der Waals surface area (Å²) < 4.78 is 27.8. The molecule has 1 aliphatic carbocycles. The molecule has 2 aliphatic rings. The predicted octanol–water partition coefficient (Wildman–Crippen LogP) is 3.53. The van der Waals surface area contributed by atoms with Crippen molar-refractivity contribution in [3.8, 4) is 0 Å². The van der Waals surface area contributed by atoms with Gasteiger partial charge in [-0.25, -0.2) is 8.42 Å². The van der Waals surface area contributed by atoms with Crippen LogP contribution < -0.4 is 10.2 Å². The first-order valence-corrected chi connectivity index (χ1v) is 13.5. The lowest BCUT2D eigenvalue weighted by Crippen LogP contribution is -2.44. The highest BCUT2D eigenvalue weighted by Crippen LogP contribution is 2.28. The number of aryl methyl sites for hydroxylation is 3. The summed E-state index contributed by atoms with van der Waals surface area (Å²) in [6, 6.07) is 13.9. The van der Waals surface area contributed by atoms with Gasteiger partial charge in [0.1, 0.15) is 0 Å². The number of amides is 1. The molecule has 0 radical (unpaired) electrons. The molecule has 7 heteroatoms. The number of nitrogens with zero attached hydrogens (tertiary/aromatic N) is 2. The number of anilines is 1. The number of carbonyl (C=O) groups excluding carboxylic acids is 1. The first kappa shape index (κ1) is 23.8. The topological polar surface area (TPSA) is 69.7 Å². The molecule has 6 nitrogen and oxygen atoms in total. The van der Waals surface area contributed by atoms with Crippen molar-refractivity contribution in [3.63, 3.8) is 0 Å². The van der Waals surface area contributed by atoms with Gasteiger partial charge in [0.05, 0.1) is 4.90 Å². The number of likely N-dealkylation sites (N-methyl/N-ethyl adjacent to an activating group) is 1. The monoisotopic (exact) mass is 469 g/mol. The van der Waals surface area contributed by atoms with E-state index in [4.69, 9.17) is 0 Å². The summed E-state index contributed by atoms with van der Waals surface area (Å²) in [5, 5.41) is 3.07. The SMILES string of the molecule is CCN(CCNC(=O)C1CCN(S(=O)(=O)c2ccc3c(c2)CCC3)CC1)c1cccc(C)c1. The van der Waals surface area contributed by atoms with Crippen molar-refractivity contribution >= 4 is 21.6 Å². The second kappa shape index (κ2) is 10.3. The number of nitrogens with one attached hydrogen (secondary N) is 1. The summed E-state index contributed by atoms with van der Waals surface area (Å²) in [5.41, 5.74) is 4.82. The maximum absolute atomic E-state index is 13.1. The first-order valence-electron chi connectivity index (χ1n) is 12.1. The number of piperidine rings is 1. The van der Waals surface area contributed by atoms with Crippen molar-refractivity contribution < 1.29 is 13.2 Å². The van der Waals surface area contributed by atoms with E-state index in [0.717, 1.165) is 43.6 Å². The third-order valence-electron chi connectivity index (χ3n) is 6.96. The van der Waals surface area contributed by atoms with Crippen molar-refractivity contribution in [1.29, 1.82) is 0 Å². The van der Waals surface area contributed by atoms with Gasteiger partial charge in [-0.05, 0) is 86.9 Å². The standard InChI is InChI=1S/C26H35N3O3S/c1-3-28(24-9-4-6-20(2)18-24)17-14-27-26(30)22-12-15-29(16-13-22)33(31,32)25-11-10-21-7-5-8-23(21)19-25/h4,6,9-11,18-19,22H,3,5,7-8,12-17H2,1-2H3,(H,27,30). The third kappa shape index (κ3) is 5.41. The molecular weight excluding hydrogens is 434 g/mol. The Hall–Kier alpha value is -2.38. The molecule has 178 valence electrons. The molecule has 0 bridgehead atoms. The van der Waals surface area contributed by atoms with E-state index in [0.29, 0.717) is 37.4 Å². The van der Waals surface area contributed by atoms with Gasteiger partial charge in [-0.3, -0.25) is 4.79 Å². The van der Waals surface area contributed by atoms with Crippen LogP contribution in [0.25, 0.3) is 0 Å². The van der Waals surface area contributed by atoms with Crippen LogP contribution in [0.15, 0.2) is 47.4 Å². The van der Waals surface area contributed by atoms with E-state index in [1.165, 1.54) is 11.1 Å². The van der Waals surface area contributed by atoms with Crippen LogP contribution in [0.3, 0.4) is 0 Å². The summed E-state index contributed by atoms with van der Waals surface area (Å²) in [4.78, 5) is 15.4. The third-order valence-corrected chi connectivity index (χ3v) is 8.86. The summed E-state index contributed by atoms with van der Waals surface area (Å²) in [6.45, 7) is 7.17. The Morgan fingerprint density at radius 2 is 1.85 bits per heavy atom. The van der Waals surface area contributed by atoms with E-state index in [1.54, 1.807) is 10.4 Å². The molecule has 33 heavy (non-hydrogen) atoms. The number of hydrogen-bond donors (Lipinski definition) is 1. The van der Waals surface area contributed by atoms with Gasteiger partial charge in [-0.2, -0.15) is 4.31 Å². The molecule has 1 heterocycles. The Bertz CT molecular complexity index is 1090. The molecule has 0 spiro atoms. The van der Waals surface area contributed by atoms with Gasteiger partial charge in [0.15, 0.2) is 0 Å². The van der Waals surface area contributed by atoms with Crippen molar-refractivity contribution in [1.82, 2.24) is 9.62 Å². The quantitative estimate of drug-likeness (QED) is 0.642. The maximum Gasteiger partial charge on any atom is 0.243 e. The van der Waals surface area contributed by atoms with Crippen LogP contribution in [0.4, 0.5) is 5.69 Å². The summed E-state index contributed by atoms with van der Waals surface area (Å²) in [6.07, 6.45) is 4.22. The van der Waals surface area contributed by atoms with Crippen LogP contribution >= 0.6 is 0 Å². The van der Waals surface area contributed by atoms with Gasteiger partial charge in [0, 0.05) is 44.3 Å². The number of carbonyl (C=O) groups is 1. The normalized spacial score (nSPS) is 17.0. The molecule has 1 saturated heterocycles. The van der Waals surface area contributed by atoms with E-state index >= 15 is 0 Å². The van der Waals surface area contributed by atoms with Crippen molar-refractivity contribution in [3.05, 3.63) is 59.2 Å². The molecule has 0 unspecified atom stereocenters. The van der Waals surface area contributed by atoms with Gasteiger partial charge in [0.2, 0.25) is 15.9 Å². The zero-order valence-corrected chi connectivity index (χ0v) is 20.5. The Kier molecular flexibility index (Phi) is 7.39. The fraction of sp³-hybridized carbons (Fsp3) is 0.500. The van der Waals surface area contributed by atoms with E-state index in [2.05, 4.69) is 48.3 Å².